The van der Waals surface area contributed by atoms with Gasteiger partial charge in [0.05, 0.1) is 5.56 Å². The van der Waals surface area contributed by atoms with E-state index in [4.69, 9.17) is 10.2 Å². The average Bonchev–Trinajstić information content (AvgIpc) is 2.49. The number of nitrogens with two attached hydrogens (primary N) is 1. The molecule has 60 valence electrons. The topological polar surface area (TPSA) is 69.1 Å². The number of primary amides is 1. The van der Waals surface area contributed by atoms with Crippen LogP contribution in [0.5, 0.6) is 0 Å². The summed E-state index contributed by atoms with van der Waals surface area (Å²) in [5.74, 6) is -0.502. The molecule has 0 saturated carbocycles. The standard InChI is InChI=1S/C8H6N2O2/c9-8(11)5-2-1-3-6-7(5)12-4-10-6/h1-4H,(H2,9,11). The number of amides is 1. The third-order valence-electron chi connectivity index (χ3n) is 1.62. The molecule has 1 amide bonds. The zero-order chi connectivity index (χ0) is 8.55. The molecular formula is C8H6N2O2. The van der Waals surface area contributed by atoms with E-state index >= 15 is 0 Å². The molecule has 4 heteroatoms. The van der Waals surface area contributed by atoms with E-state index in [9.17, 15) is 4.79 Å². The second-order valence-electron chi connectivity index (χ2n) is 2.37. The first kappa shape index (κ1) is 6.84. The Morgan fingerprint density at radius 2 is 2.33 bits per heavy atom. The zero-order valence-corrected chi connectivity index (χ0v) is 6.15. The fraction of sp³-hybridized carbons (Fsp3) is 0. The minimum Gasteiger partial charge on any atom is -0.443 e. The Morgan fingerprint density at radius 1 is 1.50 bits per heavy atom. The van der Waals surface area contributed by atoms with Crippen LogP contribution in [0, 0.1) is 0 Å². The van der Waals surface area contributed by atoms with Gasteiger partial charge in [0.25, 0.3) is 5.91 Å². The van der Waals surface area contributed by atoms with Crippen LogP contribution >= 0.6 is 0 Å². The first-order valence-corrected chi connectivity index (χ1v) is 3.41. The van der Waals surface area contributed by atoms with Crippen LogP contribution in [0.1, 0.15) is 10.4 Å². The Morgan fingerprint density at radius 3 is 3.08 bits per heavy atom. The molecule has 0 aliphatic rings. The molecular weight excluding hydrogens is 156 g/mol. The van der Waals surface area contributed by atoms with Gasteiger partial charge in [-0.15, -0.1) is 0 Å². The molecule has 1 aromatic heterocycles. The molecule has 2 aromatic rings. The van der Waals surface area contributed by atoms with Gasteiger partial charge in [0.2, 0.25) is 0 Å². The van der Waals surface area contributed by atoms with Gasteiger partial charge in [-0.05, 0) is 12.1 Å². The van der Waals surface area contributed by atoms with Gasteiger partial charge in [-0.25, -0.2) is 4.98 Å². The van der Waals surface area contributed by atoms with E-state index in [1.54, 1.807) is 18.2 Å². The third kappa shape index (κ3) is 0.852. The van der Waals surface area contributed by atoms with E-state index in [1.165, 1.54) is 6.39 Å². The summed E-state index contributed by atoms with van der Waals surface area (Å²) in [4.78, 5) is 14.7. The summed E-state index contributed by atoms with van der Waals surface area (Å²) >= 11 is 0. The number of benzene rings is 1. The van der Waals surface area contributed by atoms with Gasteiger partial charge in [-0.3, -0.25) is 4.79 Å². The SMILES string of the molecule is NC(=O)c1cccc2ncoc12. The minimum atomic E-state index is -0.502. The smallest absolute Gasteiger partial charge is 0.252 e. The Balaban J connectivity index is 2.82. The quantitative estimate of drug-likeness (QED) is 0.678. The first-order chi connectivity index (χ1) is 5.79. The maximum atomic E-state index is 10.8. The van der Waals surface area contributed by atoms with Crippen LogP contribution in [0.3, 0.4) is 0 Å². The molecule has 1 heterocycles. The molecule has 2 rings (SSSR count). The Bertz CT molecular complexity index is 433. The van der Waals surface area contributed by atoms with Crippen molar-refractivity contribution in [2.24, 2.45) is 5.73 Å². The number of carbonyl (C=O) groups excluding carboxylic acids is 1. The molecule has 0 atom stereocenters. The minimum absolute atomic E-state index is 0.366. The van der Waals surface area contributed by atoms with Gasteiger partial charge in [-0.1, -0.05) is 6.07 Å². The first-order valence-electron chi connectivity index (χ1n) is 3.41. The molecule has 0 aliphatic heterocycles. The number of nitrogens with zero attached hydrogens (tertiary/aromatic N) is 1. The summed E-state index contributed by atoms with van der Waals surface area (Å²) in [5, 5.41) is 0. The van der Waals surface area contributed by atoms with Crippen molar-refractivity contribution in [2.45, 2.75) is 0 Å². The molecule has 0 spiro atoms. The third-order valence-corrected chi connectivity index (χ3v) is 1.62. The van der Waals surface area contributed by atoms with E-state index in [1.807, 2.05) is 0 Å². The van der Waals surface area contributed by atoms with Gasteiger partial charge >= 0.3 is 0 Å². The highest BCUT2D eigenvalue weighted by Crippen LogP contribution is 2.16. The van der Waals surface area contributed by atoms with E-state index in [-0.39, 0.29) is 0 Å². The number of oxazole rings is 1. The number of hydrogen-bond donors (Lipinski definition) is 1. The predicted octanol–water partition coefficient (Wildman–Crippen LogP) is 0.927. The average molecular weight is 162 g/mol. The Kier molecular flexibility index (Phi) is 1.33. The molecule has 0 radical (unpaired) electrons. The Labute approximate surface area is 68.0 Å². The van der Waals surface area contributed by atoms with Crippen molar-refractivity contribution < 1.29 is 9.21 Å². The fourth-order valence-electron chi connectivity index (χ4n) is 1.08. The van der Waals surface area contributed by atoms with Crippen LogP contribution in [0.4, 0.5) is 0 Å². The van der Waals surface area contributed by atoms with Gasteiger partial charge in [0.1, 0.15) is 5.52 Å². The van der Waals surface area contributed by atoms with Gasteiger partial charge in [-0.2, -0.15) is 0 Å². The van der Waals surface area contributed by atoms with Crippen molar-refractivity contribution in [2.75, 3.05) is 0 Å². The number of para-hydroxylation sites is 1. The molecule has 0 unspecified atom stereocenters. The van der Waals surface area contributed by atoms with Gasteiger partial charge in [0, 0.05) is 0 Å². The second-order valence-corrected chi connectivity index (χ2v) is 2.37. The highest BCUT2D eigenvalue weighted by atomic mass is 16.3. The van der Waals surface area contributed by atoms with Crippen molar-refractivity contribution in [3.8, 4) is 0 Å². The highest BCUT2D eigenvalue weighted by Gasteiger charge is 2.08. The van der Waals surface area contributed by atoms with Gasteiger partial charge < -0.3 is 10.2 Å². The maximum absolute atomic E-state index is 10.8. The van der Waals surface area contributed by atoms with Crippen LogP contribution in [0.25, 0.3) is 11.1 Å². The van der Waals surface area contributed by atoms with Gasteiger partial charge in [0.15, 0.2) is 12.0 Å². The number of carbonyl (C=O) groups is 1. The fourth-order valence-corrected chi connectivity index (χ4v) is 1.08. The summed E-state index contributed by atoms with van der Waals surface area (Å²) in [5.41, 5.74) is 6.57. The summed E-state index contributed by atoms with van der Waals surface area (Å²) < 4.78 is 5.00. The van der Waals surface area contributed by atoms with Crippen molar-refractivity contribution >= 4 is 17.0 Å². The van der Waals surface area contributed by atoms with E-state index in [0.717, 1.165) is 0 Å². The number of hydrogen-bond acceptors (Lipinski definition) is 3. The summed E-state index contributed by atoms with van der Waals surface area (Å²) in [6.07, 6.45) is 1.29. The van der Waals surface area contributed by atoms with E-state index in [0.29, 0.717) is 16.7 Å². The van der Waals surface area contributed by atoms with Crippen LogP contribution in [0.15, 0.2) is 29.0 Å². The van der Waals surface area contributed by atoms with E-state index in [2.05, 4.69) is 4.98 Å². The highest BCUT2D eigenvalue weighted by molar-refractivity contribution is 6.03. The van der Waals surface area contributed by atoms with Crippen LogP contribution in [-0.2, 0) is 0 Å². The van der Waals surface area contributed by atoms with Crippen molar-refractivity contribution in [3.63, 3.8) is 0 Å². The second kappa shape index (κ2) is 2.34. The summed E-state index contributed by atoms with van der Waals surface area (Å²) in [6.45, 7) is 0. The lowest BCUT2D eigenvalue weighted by Gasteiger charge is -1.93. The van der Waals surface area contributed by atoms with Crippen molar-refractivity contribution in [3.05, 3.63) is 30.2 Å². The molecule has 0 bridgehead atoms. The zero-order valence-electron chi connectivity index (χ0n) is 6.15. The number of aromatic nitrogens is 1. The monoisotopic (exact) mass is 162 g/mol. The Hall–Kier alpha value is -1.84. The summed E-state index contributed by atoms with van der Waals surface area (Å²) in [6, 6.07) is 5.08. The lowest BCUT2D eigenvalue weighted by atomic mass is 10.2. The number of rotatable bonds is 1. The largest absolute Gasteiger partial charge is 0.443 e. The molecule has 4 nitrogen and oxygen atoms in total. The van der Waals surface area contributed by atoms with Crippen molar-refractivity contribution in [1.29, 1.82) is 0 Å². The molecule has 2 N–H and O–H groups in total. The maximum Gasteiger partial charge on any atom is 0.252 e. The lowest BCUT2D eigenvalue weighted by molar-refractivity contribution is 0.100. The molecule has 1 aromatic carbocycles. The predicted molar refractivity (Wildman–Crippen MR) is 42.5 cm³/mol. The van der Waals surface area contributed by atoms with Crippen LogP contribution in [-0.4, -0.2) is 10.9 Å². The molecule has 0 aliphatic carbocycles. The molecule has 0 saturated heterocycles. The molecule has 0 fully saturated rings. The van der Waals surface area contributed by atoms with Crippen molar-refractivity contribution in [1.82, 2.24) is 4.98 Å². The number of fused-ring (bicyclic) bond motifs is 1. The van der Waals surface area contributed by atoms with Crippen LogP contribution < -0.4 is 5.73 Å². The normalized spacial score (nSPS) is 10.3. The van der Waals surface area contributed by atoms with E-state index < -0.39 is 5.91 Å². The summed E-state index contributed by atoms with van der Waals surface area (Å²) in [7, 11) is 0. The van der Waals surface area contributed by atoms with Crippen LogP contribution in [0.2, 0.25) is 0 Å². The lowest BCUT2D eigenvalue weighted by Crippen LogP contribution is -2.10. The molecule has 12 heavy (non-hydrogen) atoms.